The fourth-order valence-electron chi connectivity index (χ4n) is 2.01. The van der Waals surface area contributed by atoms with Crippen molar-refractivity contribution in [2.75, 3.05) is 6.54 Å². The molecule has 1 heterocycles. The van der Waals surface area contributed by atoms with Gasteiger partial charge in [0.15, 0.2) is 0 Å². The minimum Gasteiger partial charge on any atom is -0.393 e. The van der Waals surface area contributed by atoms with E-state index in [2.05, 4.69) is 5.32 Å². The largest absolute Gasteiger partial charge is 0.393 e. The van der Waals surface area contributed by atoms with Crippen LogP contribution in [-0.4, -0.2) is 28.2 Å². The fourth-order valence-corrected chi connectivity index (χ4v) is 2.01. The molecule has 0 bridgehead atoms. The van der Waals surface area contributed by atoms with Gasteiger partial charge in [0.1, 0.15) is 0 Å². The van der Waals surface area contributed by atoms with Crippen LogP contribution in [0.2, 0.25) is 0 Å². The van der Waals surface area contributed by atoms with Gasteiger partial charge in [-0.2, -0.15) is 0 Å². The van der Waals surface area contributed by atoms with E-state index >= 15 is 0 Å². The predicted molar refractivity (Wildman–Crippen MR) is 71.6 cm³/mol. The molecule has 0 aliphatic rings. The molecule has 2 N–H and O–H groups in total. The van der Waals surface area contributed by atoms with Crippen LogP contribution in [0.15, 0.2) is 30.5 Å². The Labute approximate surface area is 106 Å². The molecule has 1 amide bonds. The van der Waals surface area contributed by atoms with Gasteiger partial charge in [-0.3, -0.25) is 4.79 Å². The number of carbonyl (C=O) groups excluding carboxylic acids is 1. The molecule has 1 aromatic carbocycles. The van der Waals surface area contributed by atoms with Crippen LogP contribution < -0.4 is 5.32 Å². The minimum atomic E-state index is -0.391. The molecule has 0 radical (unpaired) electrons. The summed E-state index contributed by atoms with van der Waals surface area (Å²) in [5.74, 6) is -0.0903. The van der Waals surface area contributed by atoms with Gasteiger partial charge in [-0.25, -0.2) is 0 Å². The molecule has 0 saturated heterocycles. The van der Waals surface area contributed by atoms with Crippen molar-refractivity contribution in [1.29, 1.82) is 0 Å². The first-order chi connectivity index (χ1) is 8.59. The Morgan fingerprint density at radius 3 is 2.89 bits per heavy atom. The van der Waals surface area contributed by atoms with Crippen LogP contribution in [0.5, 0.6) is 0 Å². The van der Waals surface area contributed by atoms with Crippen LogP contribution >= 0.6 is 0 Å². The summed E-state index contributed by atoms with van der Waals surface area (Å²) in [7, 11) is 1.93. The maximum Gasteiger partial charge on any atom is 0.253 e. The lowest BCUT2D eigenvalue weighted by Crippen LogP contribution is -2.26. The average Bonchev–Trinajstić information content (AvgIpc) is 2.67. The first kappa shape index (κ1) is 12.6. The van der Waals surface area contributed by atoms with Crippen LogP contribution in [0.4, 0.5) is 0 Å². The Hall–Kier alpha value is -1.81. The van der Waals surface area contributed by atoms with Gasteiger partial charge in [0.05, 0.1) is 11.7 Å². The topological polar surface area (TPSA) is 54.3 Å². The molecule has 2 rings (SSSR count). The van der Waals surface area contributed by atoms with Gasteiger partial charge < -0.3 is 15.0 Å². The second-order valence-electron chi connectivity index (χ2n) is 4.56. The second-order valence-corrected chi connectivity index (χ2v) is 4.56. The number of fused-ring (bicyclic) bond motifs is 1. The van der Waals surface area contributed by atoms with Crippen molar-refractivity contribution in [2.24, 2.45) is 7.05 Å². The Balaban J connectivity index is 2.18. The van der Waals surface area contributed by atoms with E-state index < -0.39 is 6.10 Å². The smallest absolute Gasteiger partial charge is 0.253 e. The predicted octanol–water partition coefficient (Wildman–Crippen LogP) is 1.68. The van der Waals surface area contributed by atoms with Crippen LogP contribution in [-0.2, 0) is 7.05 Å². The number of rotatable bonds is 4. The molecule has 1 atom stereocenters. The van der Waals surface area contributed by atoms with Crippen LogP contribution in [0.3, 0.4) is 0 Å². The Morgan fingerprint density at radius 2 is 2.17 bits per heavy atom. The third-order valence-corrected chi connectivity index (χ3v) is 2.99. The minimum absolute atomic E-state index is 0.0903. The highest BCUT2D eigenvalue weighted by Gasteiger charge is 2.12. The number of hydrogen-bond donors (Lipinski definition) is 2. The molecular weight excluding hydrogens is 228 g/mol. The molecule has 18 heavy (non-hydrogen) atoms. The number of aryl methyl sites for hydroxylation is 1. The number of nitrogens with one attached hydrogen (secondary N) is 1. The van der Waals surface area contributed by atoms with Gasteiger partial charge in [0.2, 0.25) is 0 Å². The van der Waals surface area contributed by atoms with E-state index in [-0.39, 0.29) is 5.91 Å². The standard InChI is InChI=1S/C14H18N2O2/c1-10(17)7-8-15-14(18)12-9-16(2)13-6-4-3-5-11(12)13/h3-6,9-10,17H,7-8H2,1-2H3,(H,15,18). The Bertz CT molecular complexity index is 558. The molecule has 4 heteroatoms. The van der Waals surface area contributed by atoms with Gasteiger partial charge in [-0.05, 0) is 19.4 Å². The summed E-state index contributed by atoms with van der Waals surface area (Å²) in [6, 6.07) is 7.81. The number of aromatic nitrogens is 1. The van der Waals surface area contributed by atoms with E-state index in [0.29, 0.717) is 18.5 Å². The summed E-state index contributed by atoms with van der Waals surface area (Å²) < 4.78 is 1.94. The molecule has 1 aromatic heterocycles. The van der Waals surface area contributed by atoms with Crippen molar-refractivity contribution in [2.45, 2.75) is 19.4 Å². The molecule has 4 nitrogen and oxygen atoms in total. The summed E-state index contributed by atoms with van der Waals surface area (Å²) in [6.45, 7) is 2.20. The van der Waals surface area contributed by atoms with Crippen molar-refractivity contribution < 1.29 is 9.90 Å². The lowest BCUT2D eigenvalue weighted by atomic mass is 10.1. The molecule has 0 fully saturated rings. The van der Waals surface area contributed by atoms with E-state index in [1.54, 1.807) is 6.92 Å². The number of benzene rings is 1. The highest BCUT2D eigenvalue weighted by molar-refractivity contribution is 6.06. The van der Waals surface area contributed by atoms with E-state index in [0.717, 1.165) is 10.9 Å². The third-order valence-electron chi connectivity index (χ3n) is 2.99. The van der Waals surface area contributed by atoms with Crippen molar-refractivity contribution in [3.63, 3.8) is 0 Å². The molecule has 0 aliphatic carbocycles. The number of nitrogens with zero attached hydrogens (tertiary/aromatic N) is 1. The first-order valence-electron chi connectivity index (χ1n) is 6.10. The summed E-state index contributed by atoms with van der Waals surface area (Å²) in [4.78, 5) is 12.0. The molecule has 2 aromatic rings. The second kappa shape index (κ2) is 5.23. The zero-order valence-electron chi connectivity index (χ0n) is 10.7. The number of amides is 1. The van der Waals surface area contributed by atoms with Crippen LogP contribution in [0, 0.1) is 0 Å². The monoisotopic (exact) mass is 246 g/mol. The molecule has 0 spiro atoms. The summed E-state index contributed by atoms with van der Waals surface area (Å²) >= 11 is 0. The lowest BCUT2D eigenvalue weighted by molar-refractivity contribution is 0.0947. The third kappa shape index (κ3) is 2.54. The first-order valence-corrected chi connectivity index (χ1v) is 6.10. The fraction of sp³-hybridized carbons (Fsp3) is 0.357. The summed E-state index contributed by atoms with van der Waals surface area (Å²) in [5, 5.41) is 12.9. The molecule has 0 saturated carbocycles. The molecule has 0 aliphatic heterocycles. The number of para-hydroxylation sites is 1. The molecule has 96 valence electrons. The normalized spacial score (nSPS) is 12.6. The van der Waals surface area contributed by atoms with Gasteiger partial charge in [0, 0.05) is 30.7 Å². The lowest BCUT2D eigenvalue weighted by Gasteiger charge is -2.05. The van der Waals surface area contributed by atoms with Crippen molar-refractivity contribution in [1.82, 2.24) is 9.88 Å². The maximum atomic E-state index is 12.0. The van der Waals surface area contributed by atoms with Crippen LogP contribution in [0.25, 0.3) is 10.9 Å². The number of aliphatic hydroxyl groups excluding tert-OH is 1. The van der Waals surface area contributed by atoms with Crippen molar-refractivity contribution in [3.05, 3.63) is 36.0 Å². The number of hydrogen-bond acceptors (Lipinski definition) is 2. The number of carbonyl (C=O) groups is 1. The van der Waals surface area contributed by atoms with E-state index in [4.69, 9.17) is 5.11 Å². The highest BCUT2D eigenvalue weighted by atomic mass is 16.3. The van der Waals surface area contributed by atoms with Gasteiger partial charge in [-0.15, -0.1) is 0 Å². The van der Waals surface area contributed by atoms with Gasteiger partial charge in [-0.1, -0.05) is 18.2 Å². The van der Waals surface area contributed by atoms with Gasteiger partial charge >= 0.3 is 0 Å². The van der Waals surface area contributed by atoms with E-state index in [1.165, 1.54) is 0 Å². The zero-order valence-corrected chi connectivity index (χ0v) is 10.7. The SMILES string of the molecule is CC(O)CCNC(=O)c1cn(C)c2ccccc12. The zero-order chi connectivity index (χ0) is 13.1. The van der Waals surface area contributed by atoms with Crippen molar-refractivity contribution in [3.8, 4) is 0 Å². The molecule has 1 unspecified atom stereocenters. The van der Waals surface area contributed by atoms with E-state index in [1.807, 2.05) is 42.1 Å². The number of aliphatic hydroxyl groups is 1. The Morgan fingerprint density at radius 1 is 1.44 bits per heavy atom. The van der Waals surface area contributed by atoms with Crippen LogP contribution in [0.1, 0.15) is 23.7 Å². The quantitative estimate of drug-likeness (QED) is 0.862. The highest BCUT2D eigenvalue weighted by Crippen LogP contribution is 2.19. The van der Waals surface area contributed by atoms with E-state index in [9.17, 15) is 4.79 Å². The van der Waals surface area contributed by atoms with Gasteiger partial charge in [0.25, 0.3) is 5.91 Å². The average molecular weight is 246 g/mol. The summed E-state index contributed by atoms with van der Waals surface area (Å²) in [6.07, 6.45) is 2.01. The summed E-state index contributed by atoms with van der Waals surface area (Å²) in [5.41, 5.74) is 1.72. The Kier molecular flexibility index (Phi) is 3.67. The maximum absolute atomic E-state index is 12.0. The molecular formula is C14H18N2O2. The van der Waals surface area contributed by atoms with Crippen molar-refractivity contribution >= 4 is 16.8 Å².